The van der Waals surface area contributed by atoms with Crippen LogP contribution in [0.2, 0.25) is 0 Å². The Balaban J connectivity index is 1.69. The fraction of sp³-hybridized carbons (Fsp3) is 0.0455. The molecule has 0 bridgehead atoms. The van der Waals surface area contributed by atoms with Gasteiger partial charge in [-0.3, -0.25) is 9.59 Å². The summed E-state index contributed by atoms with van der Waals surface area (Å²) in [7, 11) is 0. The van der Waals surface area contributed by atoms with Crippen LogP contribution in [0.25, 0.3) is 11.0 Å². The number of benzene rings is 3. The number of aromatic nitrogens is 2. The van der Waals surface area contributed by atoms with Gasteiger partial charge in [0.05, 0.1) is 11.0 Å². The molecule has 0 aliphatic heterocycles. The minimum atomic E-state index is -0.535. The van der Waals surface area contributed by atoms with E-state index >= 15 is 0 Å². The van der Waals surface area contributed by atoms with Crippen LogP contribution in [0, 0.1) is 11.6 Å². The molecule has 0 spiro atoms. The Morgan fingerprint density at radius 1 is 0.897 bits per heavy atom. The molecule has 1 aromatic heterocycles. The first-order valence-electron chi connectivity index (χ1n) is 8.82. The van der Waals surface area contributed by atoms with E-state index in [1.807, 2.05) is 0 Å². The third kappa shape index (κ3) is 3.89. The zero-order valence-electron chi connectivity index (χ0n) is 15.1. The Labute approximate surface area is 164 Å². The van der Waals surface area contributed by atoms with Crippen molar-refractivity contribution in [3.8, 4) is 0 Å². The van der Waals surface area contributed by atoms with Gasteiger partial charge in [0.15, 0.2) is 5.82 Å². The maximum absolute atomic E-state index is 13.6. The van der Waals surface area contributed by atoms with Gasteiger partial charge in [-0.25, -0.2) is 13.8 Å². The van der Waals surface area contributed by atoms with Crippen molar-refractivity contribution in [2.24, 2.45) is 0 Å². The maximum atomic E-state index is 13.6. The molecular weight excluding hydrogens is 376 g/mol. The largest absolute Gasteiger partial charge is 0.325 e. The predicted octanol–water partition coefficient (Wildman–Crippen LogP) is 4.18. The van der Waals surface area contributed by atoms with Crippen LogP contribution in [0.5, 0.6) is 0 Å². The van der Waals surface area contributed by atoms with Gasteiger partial charge < -0.3 is 9.88 Å². The average Bonchev–Trinajstić information content (AvgIpc) is 3.07. The third-order valence-electron chi connectivity index (χ3n) is 4.37. The molecule has 4 aromatic rings. The van der Waals surface area contributed by atoms with Crippen LogP contribution in [-0.2, 0) is 11.3 Å². The number of rotatable bonds is 5. The van der Waals surface area contributed by atoms with Crippen LogP contribution in [0.4, 0.5) is 14.5 Å². The number of carbonyl (C=O) groups excluding carboxylic acids is 2. The lowest BCUT2D eigenvalue weighted by atomic mass is 10.1. The molecular formula is C22H15F2N3O2. The number of imidazole rings is 1. The third-order valence-corrected chi connectivity index (χ3v) is 4.37. The molecule has 7 heteroatoms. The van der Waals surface area contributed by atoms with E-state index < -0.39 is 23.3 Å². The Hall–Kier alpha value is -3.87. The Kier molecular flexibility index (Phi) is 4.87. The predicted molar refractivity (Wildman–Crippen MR) is 105 cm³/mol. The fourth-order valence-electron chi connectivity index (χ4n) is 3.05. The van der Waals surface area contributed by atoms with E-state index in [-0.39, 0.29) is 17.9 Å². The maximum Gasteiger partial charge on any atom is 0.244 e. The smallest absolute Gasteiger partial charge is 0.244 e. The zero-order chi connectivity index (χ0) is 20.4. The van der Waals surface area contributed by atoms with E-state index in [0.717, 1.165) is 6.07 Å². The van der Waals surface area contributed by atoms with Crippen molar-refractivity contribution in [2.45, 2.75) is 6.54 Å². The van der Waals surface area contributed by atoms with Crippen molar-refractivity contribution in [3.63, 3.8) is 0 Å². The Morgan fingerprint density at radius 2 is 1.66 bits per heavy atom. The van der Waals surface area contributed by atoms with E-state index in [1.165, 1.54) is 47.0 Å². The molecule has 0 unspecified atom stereocenters. The summed E-state index contributed by atoms with van der Waals surface area (Å²) in [5, 5.41) is 2.66. The summed E-state index contributed by atoms with van der Waals surface area (Å²) >= 11 is 0. The first-order valence-corrected chi connectivity index (χ1v) is 8.82. The molecule has 0 saturated carbocycles. The van der Waals surface area contributed by atoms with E-state index in [0.29, 0.717) is 16.7 Å². The quantitative estimate of drug-likeness (QED) is 0.519. The van der Waals surface area contributed by atoms with Gasteiger partial charge in [-0.05, 0) is 48.5 Å². The molecule has 0 fully saturated rings. The molecule has 1 amide bonds. The molecule has 0 atom stereocenters. The number of hydrogen-bond donors (Lipinski definition) is 1. The number of halogens is 2. The Morgan fingerprint density at radius 3 is 2.41 bits per heavy atom. The van der Waals surface area contributed by atoms with Crippen molar-refractivity contribution in [1.29, 1.82) is 0 Å². The van der Waals surface area contributed by atoms with Gasteiger partial charge in [-0.1, -0.05) is 24.3 Å². The Bertz CT molecular complexity index is 1220. The first kappa shape index (κ1) is 18.5. The molecule has 0 radical (unpaired) electrons. The second kappa shape index (κ2) is 7.63. The highest BCUT2D eigenvalue weighted by atomic mass is 19.1. The minimum Gasteiger partial charge on any atom is -0.325 e. The molecule has 0 aliphatic rings. The van der Waals surface area contributed by atoms with Crippen molar-refractivity contribution in [1.82, 2.24) is 9.55 Å². The fourth-order valence-corrected chi connectivity index (χ4v) is 3.05. The second-order valence-electron chi connectivity index (χ2n) is 6.40. The molecule has 5 nitrogen and oxygen atoms in total. The highest BCUT2D eigenvalue weighted by molar-refractivity contribution is 6.08. The van der Waals surface area contributed by atoms with Gasteiger partial charge in [0.1, 0.15) is 18.2 Å². The van der Waals surface area contributed by atoms with Crippen LogP contribution in [-0.4, -0.2) is 21.2 Å². The monoisotopic (exact) mass is 391 g/mol. The van der Waals surface area contributed by atoms with Crippen LogP contribution in [0.15, 0.2) is 72.8 Å². The SMILES string of the molecule is O=C(Cn1c(C(=O)c2cccc(F)c2)nc2ccccc21)Nc1ccc(F)cc1. The highest BCUT2D eigenvalue weighted by Gasteiger charge is 2.21. The minimum absolute atomic E-state index is 0.0334. The van der Waals surface area contributed by atoms with Crippen molar-refractivity contribution >= 4 is 28.4 Å². The summed E-state index contributed by atoms with van der Waals surface area (Å²) in [5.41, 5.74) is 1.71. The van der Waals surface area contributed by atoms with E-state index in [1.54, 1.807) is 24.3 Å². The number of amides is 1. The molecule has 4 rings (SSSR count). The number of fused-ring (bicyclic) bond motifs is 1. The van der Waals surface area contributed by atoms with Crippen LogP contribution >= 0.6 is 0 Å². The van der Waals surface area contributed by atoms with Gasteiger partial charge in [0.2, 0.25) is 11.7 Å². The van der Waals surface area contributed by atoms with E-state index in [9.17, 15) is 18.4 Å². The lowest BCUT2D eigenvalue weighted by Gasteiger charge is -2.10. The van der Waals surface area contributed by atoms with Gasteiger partial charge in [-0.2, -0.15) is 0 Å². The zero-order valence-corrected chi connectivity index (χ0v) is 15.1. The molecule has 0 aliphatic carbocycles. The normalized spacial score (nSPS) is 10.8. The summed E-state index contributed by atoms with van der Waals surface area (Å²) in [6, 6.07) is 17.7. The van der Waals surface area contributed by atoms with Crippen LogP contribution in [0.3, 0.4) is 0 Å². The summed E-state index contributed by atoms with van der Waals surface area (Å²) < 4.78 is 28.1. The number of ketones is 1. The van der Waals surface area contributed by atoms with Gasteiger partial charge >= 0.3 is 0 Å². The number of hydrogen-bond acceptors (Lipinski definition) is 3. The number of nitrogens with zero attached hydrogens (tertiary/aromatic N) is 2. The second-order valence-corrected chi connectivity index (χ2v) is 6.40. The first-order chi connectivity index (χ1) is 14.0. The van der Waals surface area contributed by atoms with Crippen LogP contribution in [0.1, 0.15) is 16.2 Å². The molecule has 144 valence electrons. The van der Waals surface area contributed by atoms with Crippen molar-refractivity contribution in [3.05, 3.63) is 95.8 Å². The van der Waals surface area contributed by atoms with Crippen molar-refractivity contribution < 1.29 is 18.4 Å². The van der Waals surface area contributed by atoms with Gasteiger partial charge in [0.25, 0.3) is 0 Å². The van der Waals surface area contributed by atoms with Gasteiger partial charge in [0, 0.05) is 11.3 Å². The lowest BCUT2D eigenvalue weighted by Crippen LogP contribution is -2.22. The molecule has 0 saturated heterocycles. The van der Waals surface area contributed by atoms with E-state index in [4.69, 9.17) is 0 Å². The molecule has 1 N–H and O–H groups in total. The number of para-hydroxylation sites is 2. The lowest BCUT2D eigenvalue weighted by molar-refractivity contribution is -0.116. The number of carbonyl (C=O) groups is 2. The summed E-state index contributed by atoms with van der Waals surface area (Å²) in [6.07, 6.45) is 0. The molecule has 3 aromatic carbocycles. The van der Waals surface area contributed by atoms with Crippen molar-refractivity contribution in [2.75, 3.05) is 5.32 Å². The van der Waals surface area contributed by atoms with E-state index in [2.05, 4.69) is 10.3 Å². The molecule has 1 heterocycles. The van der Waals surface area contributed by atoms with Crippen LogP contribution < -0.4 is 5.32 Å². The average molecular weight is 391 g/mol. The summed E-state index contributed by atoms with van der Waals surface area (Å²) in [5.74, 6) is -1.81. The highest BCUT2D eigenvalue weighted by Crippen LogP contribution is 2.19. The number of anilines is 1. The molecule has 29 heavy (non-hydrogen) atoms. The number of nitrogens with one attached hydrogen (secondary N) is 1. The summed E-state index contributed by atoms with van der Waals surface area (Å²) in [4.78, 5) is 29.8. The standard InChI is InChI=1S/C22H15F2N3O2/c23-15-8-10-17(11-9-15)25-20(28)13-27-19-7-2-1-6-18(19)26-22(27)21(29)14-4-3-5-16(24)12-14/h1-12H,13H2,(H,25,28). The topological polar surface area (TPSA) is 64.0 Å². The summed E-state index contributed by atoms with van der Waals surface area (Å²) in [6.45, 7) is -0.186. The van der Waals surface area contributed by atoms with Gasteiger partial charge in [-0.15, -0.1) is 0 Å².